The molecule has 0 aliphatic heterocycles. The van der Waals surface area contributed by atoms with Gasteiger partial charge in [-0.25, -0.2) is 0 Å². The molecule has 0 aliphatic rings. The third-order valence-corrected chi connectivity index (χ3v) is 6.52. The van der Waals surface area contributed by atoms with Crippen molar-refractivity contribution in [3.05, 3.63) is 48.5 Å². The lowest BCUT2D eigenvalue weighted by Gasteiger charge is -2.10. The molecule has 0 saturated heterocycles. The molecule has 12 nitrogen and oxygen atoms in total. The number of fused-ring (bicyclic) bond motifs is 1. The van der Waals surface area contributed by atoms with Crippen LogP contribution in [0.1, 0.15) is 0 Å². The summed E-state index contributed by atoms with van der Waals surface area (Å²) in [7, 11) is -14.4. The Morgan fingerprint density at radius 3 is 1.90 bits per heavy atom. The predicted octanol–water partition coefficient (Wildman–Crippen LogP) is 2.70. The van der Waals surface area contributed by atoms with Gasteiger partial charge in [-0.2, -0.15) is 30.4 Å². The summed E-state index contributed by atoms with van der Waals surface area (Å²) in [4.78, 5) is -2.31. The van der Waals surface area contributed by atoms with Crippen LogP contribution in [0.2, 0.25) is 0 Å². The third kappa shape index (κ3) is 4.87. The van der Waals surface area contributed by atoms with E-state index in [-0.39, 0.29) is 11.1 Å². The van der Waals surface area contributed by atoms with Crippen LogP contribution in [-0.4, -0.2) is 44.0 Å². The van der Waals surface area contributed by atoms with E-state index in [0.29, 0.717) is 6.07 Å². The SMILES string of the molecule is O=S(=O)(O)c1cccc(N=Nc2c(O)ccc3cc(S(=O)(=O)O)cc(S(=O)(=O)O)c23)c1. The molecule has 3 rings (SSSR count). The summed E-state index contributed by atoms with van der Waals surface area (Å²) >= 11 is 0. The summed E-state index contributed by atoms with van der Waals surface area (Å²) in [5, 5.41) is 17.0. The van der Waals surface area contributed by atoms with Crippen molar-refractivity contribution in [1.82, 2.24) is 0 Å². The maximum Gasteiger partial charge on any atom is 0.295 e. The van der Waals surface area contributed by atoms with Gasteiger partial charge in [0.1, 0.15) is 16.3 Å². The Kier molecular flexibility index (Phi) is 5.59. The van der Waals surface area contributed by atoms with Gasteiger partial charge in [-0.3, -0.25) is 13.7 Å². The van der Waals surface area contributed by atoms with Gasteiger partial charge in [0, 0.05) is 5.39 Å². The molecule has 164 valence electrons. The highest BCUT2D eigenvalue weighted by Gasteiger charge is 2.24. The lowest BCUT2D eigenvalue weighted by molar-refractivity contribution is 0.476. The molecule has 0 fully saturated rings. The van der Waals surface area contributed by atoms with Crippen molar-refractivity contribution in [2.24, 2.45) is 10.2 Å². The average molecular weight is 488 g/mol. The fourth-order valence-electron chi connectivity index (χ4n) is 2.64. The van der Waals surface area contributed by atoms with Gasteiger partial charge >= 0.3 is 0 Å². The second-order valence-electron chi connectivity index (χ2n) is 6.08. The molecule has 0 saturated carbocycles. The molecule has 3 aromatic rings. The molecule has 0 unspecified atom stereocenters. The van der Waals surface area contributed by atoms with Gasteiger partial charge < -0.3 is 5.11 Å². The van der Waals surface area contributed by atoms with Gasteiger partial charge in [0.05, 0.1) is 15.5 Å². The molecule has 0 aromatic heterocycles. The zero-order chi connectivity index (χ0) is 23.2. The molecule has 0 atom stereocenters. The van der Waals surface area contributed by atoms with E-state index in [4.69, 9.17) is 4.55 Å². The van der Waals surface area contributed by atoms with E-state index < -0.39 is 61.9 Å². The molecular formula is C16H12N2O10S3. The van der Waals surface area contributed by atoms with E-state index in [1.54, 1.807) is 0 Å². The van der Waals surface area contributed by atoms with E-state index in [0.717, 1.165) is 30.3 Å². The van der Waals surface area contributed by atoms with Crippen LogP contribution in [0.25, 0.3) is 10.8 Å². The molecule has 3 aromatic carbocycles. The van der Waals surface area contributed by atoms with Crippen molar-refractivity contribution < 1.29 is 44.0 Å². The van der Waals surface area contributed by atoms with E-state index in [9.17, 15) is 39.5 Å². The minimum absolute atomic E-state index is 0.102. The van der Waals surface area contributed by atoms with Gasteiger partial charge in [0.2, 0.25) is 0 Å². The molecule has 0 spiro atoms. The summed E-state index contributed by atoms with van der Waals surface area (Å²) in [5.74, 6) is -0.605. The van der Waals surface area contributed by atoms with Crippen molar-refractivity contribution in [3.8, 4) is 5.75 Å². The van der Waals surface area contributed by atoms with E-state index in [2.05, 4.69) is 10.2 Å². The molecule has 0 bridgehead atoms. The van der Waals surface area contributed by atoms with Crippen LogP contribution in [0.5, 0.6) is 5.75 Å². The topological polar surface area (TPSA) is 208 Å². The highest BCUT2D eigenvalue weighted by Crippen LogP contribution is 2.41. The lowest BCUT2D eigenvalue weighted by Crippen LogP contribution is -2.04. The Morgan fingerprint density at radius 1 is 0.677 bits per heavy atom. The summed E-state index contributed by atoms with van der Waals surface area (Å²) in [5.41, 5.74) is -0.598. The number of benzene rings is 3. The normalized spacial score (nSPS) is 13.1. The van der Waals surface area contributed by atoms with Crippen molar-refractivity contribution in [2.75, 3.05) is 0 Å². The maximum atomic E-state index is 11.8. The van der Waals surface area contributed by atoms with Crippen LogP contribution >= 0.6 is 0 Å². The molecule has 15 heteroatoms. The Bertz CT molecular complexity index is 1560. The highest BCUT2D eigenvalue weighted by molar-refractivity contribution is 7.87. The Labute approximate surface area is 175 Å². The van der Waals surface area contributed by atoms with Gasteiger partial charge in [0.25, 0.3) is 30.4 Å². The first-order chi connectivity index (χ1) is 14.2. The third-order valence-electron chi connectivity index (χ3n) is 3.96. The van der Waals surface area contributed by atoms with Crippen LogP contribution in [-0.2, 0) is 30.4 Å². The largest absolute Gasteiger partial charge is 0.506 e. The number of phenolic OH excluding ortho intramolecular Hbond substituents is 1. The number of aromatic hydroxyl groups is 1. The van der Waals surface area contributed by atoms with Crippen LogP contribution in [0.15, 0.2) is 73.4 Å². The van der Waals surface area contributed by atoms with E-state index in [1.807, 2.05) is 0 Å². The fourth-order valence-corrected chi connectivity index (χ4v) is 4.52. The van der Waals surface area contributed by atoms with Crippen molar-refractivity contribution in [3.63, 3.8) is 0 Å². The van der Waals surface area contributed by atoms with Gasteiger partial charge in [-0.15, -0.1) is 5.11 Å². The van der Waals surface area contributed by atoms with Crippen LogP contribution in [0.4, 0.5) is 11.4 Å². The molecule has 0 heterocycles. The molecule has 0 radical (unpaired) electrons. The Hall–Kier alpha value is -2.95. The van der Waals surface area contributed by atoms with Crippen molar-refractivity contribution in [1.29, 1.82) is 0 Å². The summed E-state index contributed by atoms with van der Waals surface area (Å²) in [6, 6.07) is 8.07. The first-order valence-electron chi connectivity index (χ1n) is 7.92. The second kappa shape index (κ2) is 7.63. The second-order valence-corrected chi connectivity index (χ2v) is 10.3. The fraction of sp³-hybridized carbons (Fsp3) is 0. The first-order valence-corrected chi connectivity index (χ1v) is 12.2. The van der Waals surface area contributed by atoms with E-state index >= 15 is 0 Å². The number of rotatable bonds is 5. The molecular weight excluding hydrogens is 476 g/mol. The standard InChI is InChI=1S/C16H12N2O10S3/c19-13-5-4-9-6-12(30(23,24)25)8-14(31(26,27)28)15(9)16(13)18-17-10-2-1-3-11(7-10)29(20,21)22/h1-8,19H,(H,20,21,22)(H,23,24,25)(H,26,27,28). The monoisotopic (exact) mass is 488 g/mol. The quantitative estimate of drug-likeness (QED) is 0.305. The predicted molar refractivity (Wildman–Crippen MR) is 106 cm³/mol. The van der Waals surface area contributed by atoms with Crippen molar-refractivity contribution >= 4 is 52.5 Å². The zero-order valence-electron chi connectivity index (χ0n) is 15.0. The number of hydrogen-bond acceptors (Lipinski definition) is 9. The van der Waals surface area contributed by atoms with Gasteiger partial charge in [-0.05, 0) is 41.8 Å². The number of azo groups is 1. The Morgan fingerprint density at radius 2 is 1.32 bits per heavy atom. The summed E-state index contributed by atoms with van der Waals surface area (Å²) in [6.45, 7) is 0. The van der Waals surface area contributed by atoms with Gasteiger partial charge in [-0.1, -0.05) is 12.1 Å². The van der Waals surface area contributed by atoms with Crippen LogP contribution < -0.4 is 0 Å². The Balaban J connectivity index is 2.31. The molecule has 0 amide bonds. The number of nitrogens with zero attached hydrogens (tertiary/aromatic N) is 2. The minimum Gasteiger partial charge on any atom is -0.506 e. The lowest BCUT2D eigenvalue weighted by atomic mass is 10.1. The van der Waals surface area contributed by atoms with Crippen LogP contribution in [0.3, 0.4) is 0 Å². The molecule has 0 aliphatic carbocycles. The smallest absolute Gasteiger partial charge is 0.295 e. The van der Waals surface area contributed by atoms with Crippen LogP contribution in [0, 0.1) is 0 Å². The number of phenols is 1. The minimum atomic E-state index is -5.06. The summed E-state index contributed by atoms with van der Waals surface area (Å²) < 4.78 is 97.0. The molecule has 4 N–H and O–H groups in total. The highest BCUT2D eigenvalue weighted by atomic mass is 32.2. The van der Waals surface area contributed by atoms with Crippen molar-refractivity contribution in [2.45, 2.75) is 14.7 Å². The number of hydrogen-bond donors (Lipinski definition) is 4. The van der Waals surface area contributed by atoms with E-state index in [1.165, 1.54) is 12.1 Å². The molecule has 31 heavy (non-hydrogen) atoms. The first kappa shape index (κ1) is 22.7. The zero-order valence-corrected chi connectivity index (χ0v) is 17.4. The average Bonchev–Trinajstić information content (AvgIpc) is 2.64. The van der Waals surface area contributed by atoms with Gasteiger partial charge in [0.15, 0.2) is 0 Å². The maximum absolute atomic E-state index is 11.8. The summed E-state index contributed by atoms with van der Waals surface area (Å²) in [6.07, 6.45) is 0.